The normalized spacial score (nSPS) is 15.1. The van der Waals surface area contributed by atoms with Crippen molar-refractivity contribution in [3.8, 4) is 0 Å². The molecule has 0 aromatic carbocycles. The number of hydrogen-bond acceptors (Lipinski definition) is 8. The number of aliphatic hydroxyl groups excluding tert-OH is 3. The van der Waals surface area contributed by atoms with E-state index in [4.69, 9.17) is 24.4 Å². The topological polar surface area (TPSA) is 129 Å². The molecule has 0 bridgehead atoms. The van der Waals surface area contributed by atoms with Crippen LogP contribution in [0.3, 0.4) is 0 Å². The van der Waals surface area contributed by atoms with Crippen molar-refractivity contribution in [1.82, 2.24) is 0 Å². The molecular formula is C13H28O8. The van der Waals surface area contributed by atoms with E-state index in [0.29, 0.717) is 13.2 Å². The maximum atomic E-state index is 9.79. The summed E-state index contributed by atoms with van der Waals surface area (Å²) in [7, 11) is 0. The summed E-state index contributed by atoms with van der Waals surface area (Å²) >= 11 is 0. The van der Waals surface area contributed by atoms with Gasteiger partial charge in [-0.05, 0) is 6.42 Å². The summed E-state index contributed by atoms with van der Waals surface area (Å²) < 4.78 is 15.4. The number of aliphatic hydroxyl groups is 5. The third-order valence-electron chi connectivity index (χ3n) is 2.88. The van der Waals surface area contributed by atoms with Crippen LogP contribution in [0.4, 0.5) is 0 Å². The van der Waals surface area contributed by atoms with Crippen LogP contribution in [0.25, 0.3) is 0 Å². The van der Waals surface area contributed by atoms with Gasteiger partial charge in [0.05, 0.1) is 52.4 Å². The second-order valence-corrected chi connectivity index (χ2v) is 4.65. The van der Waals surface area contributed by atoms with Crippen LogP contribution in [-0.4, -0.2) is 89.8 Å². The van der Waals surface area contributed by atoms with Crippen LogP contribution in [0.5, 0.6) is 0 Å². The molecule has 5 N–H and O–H groups in total. The van der Waals surface area contributed by atoms with E-state index in [2.05, 4.69) is 0 Å². The fourth-order valence-electron chi connectivity index (χ4n) is 1.54. The van der Waals surface area contributed by atoms with Gasteiger partial charge in [0.2, 0.25) is 0 Å². The lowest BCUT2D eigenvalue weighted by Gasteiger charge is -2.27. The molecule has 0 radical (unpaired) electrons. The van der Waals surface area contributed by atoms with E-state index in [-0.39, 0.29) is 39.3 Å². The van der Waals surface area contributed by atoms with Crippen molar-refractivity contribution in [2.45, 2.75) is 37.8 Å². The van der Waals surface area contributed by atoms with Gasteiger partial charge >= 0.3 is 0 Å². The van der Waals surface area contributed by atoms with Crippen LogP contribution in [0.1, 0.15) is 19.8 Å². The summed E-state index contributed by atoms with van der Waals surface area (Å²) in [6.07, 6.45) is -2.31. The van der Waals surface area contributed by atoms with Gasteiger partial charge < -0.3 is 39.7 Å². The highest BCUT2D eigenvalue weighted by Gasteiger charge is 2.29. The summed E-state index contributed by atoms with van der Waals surface area (Å²) in [5.41, 5.74) is 0. The van der Waals surface area contributed by atoms with E-state index >= 15 is 0 Å². The molecule has 0 rings (SSSR count). The lowest BCUT2D eigenvalue weighted by atomic mass is 10.0. The molecule has 0 aliphatic rings. The van der Waals surface area contributed by atoms with Crippen LogP contribution < -0.4 is 0 Å². The highest BCUT2D eigenvalue weighted by molar-refractivity contribution is 4.75. The minimum atomic E-state index is -1.98. The van der Waals surface area contributed by atoms with Crippen molar-refractivity contribution < 1.29 is 39.7 Å². The van der Waals surface area contributed by atoms with Crippen LogP contribution in [0.15, 0.2) is 0 Å². The first-order chi connectivity index (χ1) is 9.96. The van der Waals surface area contributed by atoms with Crippen molar-refractivity contribution >= 4 is 0 Å². The second-order valence-electron chi connectivity index (χ2n) is 4.65. The van der Waals surface area contributed by atoms with Gasteiger partial charge in [-0.25, -0.2) is 0 Å². The molecule has 2 atom stereocenters. The molecule has 8 heteroatoms. The van der Waals surface area contributed by atoms with Crippen molar-refractivity contribution in [1.29, 1.82) is 0 Å². The molecule has 0 aromatic heterocycles. The van der Waals surface area contributed by atoms with Gasteiger partial charge in [0.15, 0.2) is 5.79 Å². The minimum absolute atomic E-state index is 0.0336. The molecule has 0 aliphatic carbocycles. The first kappa shape index (κ1) is 20.7. The lowest BCUT2D eigenvalue weighted by Crippen LogP contribution is -2.41. The third-order valence-corrected chi connectivity index (χ3v) is 2.88. The van der Waals surface area contributed by atoms with Crippen LogP contribution in [0.2, 0.25) is 0 Å². The summed E-state index contributed by atoms with van der Waals surface area (Å²) in [6.45, 7) is 2.49. The Morgan fingerprint density at radius 2 is 1.52 bits per heavy atom. The van der Waals surface area contributed by atoms with E-state index in [1.165, 1.54) is 0 Å². The Bertz CT molecular complexity index is 236. The molecule has 8 nitrogen and oxygen atoms in total. The molecule has 0 saturated carbocycles. The summed E-state index contributed by atoms with van der Waals surface area (Å²) in [6, 6.07) is 0. The van der Waals surface area contributed by atoms with E-state index < -0.39 is 24.6 Å². The Morgan fingerprint density at radius 1 is 0.952 bits per heavy atom. The zero-order valence-corrected chi connectivity index (χ0v) is 12.5. The number of rotatable bonds is 14. The molecule has 0 heterocycles. The summed E-state index contributed by atoms with van der Waals surface area (Å²) in [5, 5.41) is 46.3. The molecule has 0 spiro atoms. The van der Waals surface area contributed by atoms with Gasteiger partial charge in [-0.3, -0.25) is 0 Å². The average Bonchev–Trinajstić information content (AvgIpc) is 2.45. The second kappa shape index (κ2) is 12.2. The van der Waals surface area contributed by atoms with Crippen molar-refractivity contribution in [2.24, 2.45) is 0 Å². The molecule has 21 heavy (non-hydrogen) atoms. The fourth-order valence-corrected chi connectivity index (χ4v) is 1.54. The van der Waals surface area contributed by atoms with Gasteiger partial charge in [-0.15, -0.1) is 0 Å². The monoisotopic (exact) mass is 312 g/mol. The quantitative estimate of drug-likeness (QED) is 0.188. The van der Waals surface area contributed by atoms with Crippen LogP contribution >= 0.6 is 0 Å². The molecule has 0 aliphatic heterocycles. The van der Waals surface area contributed by atoms with E-state index in [9.17, 15) is 15.3 Å². The Balaban J connectivity index is 3.74. The number of hydrogen-bond donors (Lipinski definition) is 5. The smallest absolute Gasteiger partial charge is 0.164 e. The summed E-state index contributed by atoms with van der Waals surface area (Å²) in [5.74, 6) is -1.98. The molecule has 128 valence electrons. The Labute approximate surface area is 124 Å². The molecule has 0 fully saturated rings. The van der Waals surface area contributed by atoms with Gasteiger partial charge in [-0.1, -0.05) is 6.92 Å². The van der Waals surface area contributed by atoms with Gasteiger partial charge in [0, 0.05) is 6.42 Å². The lowest BCUT2D eigenvalue weighted by molar-refractivity contribution is -0.197. The van der Waals surface area contributed by atoms with E-state index in [1.807, 2.05) is 0 Å². The first-order valence-corrected chi connectivity index (χ1v) is 7.08. The van der Waals surface area contributed by atoms with Crippen molar-refractivity contribution in [3.63, 3.8) is 0 Å². The predicted octanol–water partition coefficient (Wildman–Crippen LogP) is -1.77. The molecule has 2 unspecified atom stereocenters. The zero-order valence-electron chi connectivity index (χ0n) is 12.5. The Kier molecular flexibility index (Phi) is 12.1. The van der Waals surface area contributed by atoms with Crippen molar-refractivity contribution in [3.05, 3.63) is 0 Å². The maximum absolute atomic E-state index is 9.79. The highest BCUT2D eigenvalue weighted by atomic mass is 16.6. The highest BCUT2D eigenvalue weighted by Crippen LogP contribution is 2.16. The number of ether oxygens (including phenoxy) is 3. The van der Waals surface area contributed by atoms with Crippen LogP contribution in [-0.2, 0) is 14.2 Å². The predicted molar refractivity (Wildman–Crippen MR) is 73.6 cm³/mol. The van der Waals surface area contributed by atoms with E-state index in [0.717, 1.165) is 0 Å². The average molecular weight is 312 g/mol. The minimum Gasteiger partial charge on any atom is -0.394 e. The Morgan fingerprint density at radius 3 is 2.05 bits per heavy atom. The van der Waals surface area contributed by atoms with Crippen LogP contribution in [0, 0.1) is 0 Å². The Hall–Kier alpha value is -0.320. The molecule has 0 amide bonds. The largest absolute Gasteiger partial charge is 0.394 e. The van der Waals surface area contributed by atoms with Gasteiger partial charge in [-0.2, -0.15) is 0 Å². The maximum Gasteiger partial charge on any atom is 0.164 e. The molecule has 0 saturated heterocycles. The molecule has 0 aromatic rings. The SMILES string of the molecule is CCC(O)(O)CC(O)C(CO)OCCOCCOCCO. The summed E-state index contributed by atoms with van der Waals surface area (Å²) in [4.78, 5) is 0. The zero-order chi connectivity index (χ0) is 16.1. The first-order valence-electron chi connectivity index (χ1n) is 7.08. The fraction of sp³-hybridized carbons (Fsp3) is 1.00. The van der Waals surface area contributed by atoms with Crippen molar-refractivity contribution in [2.75, 3.05) is 46.2 Å². The van der Waals surface area contributed by atoms with E-state index in [1.54, 1.807) is 6.92 Å². The van der Waals surface area contributed by atoms with Gasteiger partial charge in [0.25, 0.3) is 0 Å². The molecular weight excluding hydrogens is 284 g/mol. The van der Waals surface area contributed by atoms with Gasteiger partial charge in [0.1, 0.15) is 6.10 Å². The third kappa shape index (κ3) is 11.0. The standard InChI is InChI=1S/C13H28O8/c1-2-13(17,18)9-11(16)12(10-15)21-8-7-20-6-5-19-4-3-14/h11-12,14-18H,2-10H2,1H3.